The van der Waals surface area contributed by atoms with Gasteiger partial charge in [0.05, 0.1) is 4.90 Å². The summed E-state index contributed by atoms with van der Waals surface area (Å²) in [6.45, 7) is 3.70. The number of nitrogens with one attached hydrogen (secondary N) is 2. The minimum atomic E-state index is -3.91. The van der Waals surface area contributed by atoms with Gasteiger partial charge >= 0.3 is 0 Å². The van der Waals surface area contributed by atoms with Crippen LogP contribution in [0.25, 0.3) is 10.6 Å². The number of anilines is 1. The number of amides is 1. The van der Waals surface area contributed by atoms with E-state index in [1.165, 1.54) is 35.6 Å². The molecule has 158 valence electrons. The van der Waals surface area contributed by atoms with Crippen molar-refractivity contribution in [1.82, 2.24) is 14.9 Å². The van der Waals surface area contributed by atoms with Crippen molar-refractivity contribution in [2.24, 2.45) is 5.92 Å². The van der Waals surface area contributed by atoms with Gasteiger partial charge < -0.3 is 0 Å². The molecule has 0 saturated heterocycles. The zero-order valence-electron chi connectivity index (χ0n) is 16.4. The molecule has 1 aromatic heterocycles. The summed E-state index contributed by atoms with van der Waals surface area (Å²) in [6.07, 6.45) is 0.604. The summed E-state index contributed by atoms with van der Waals surface area (Å²) in [7, 11) is -3.91. The lowest BCUT2D eigenvalue weighted by atomic mass is 9.99. The Morgan fingerprint density at radius 1 is 1.10 bits per heavy atom. The van der Waals surface area contributed by atoms with E-state index in [2.05, 4.69) is 20.2 Å². The summed E-state index contributed by atoms with van der Waals surface area (Å²) in [6, 6.07) is 14.3. The SMILES string of the molecule is CCC(C)C(NS(=O)(=O)c1ccc(Cl)cc1)C(=O)Nc1nnc(-c2ccccc2)s1. The van der Waals surface area contributed by atoms with Gasteiger partial charge in [0.2, 0.25) is 21.1 Å². The molecule has 1 heterocycles. The van der Waals surface area contributed by atoms with Gasteiger partial charge in [-0.15, -0.1) is 10.2 Å². The number of halogens is 1. The number of rotatable bonds is 8. The first-order chi connectivity index (χ1) is 14.3. The topological polar surface area (TPSA) is 101 Å². The molecule has 2 N–H and O–H groups in total. The predicted octanol–water partition coefficient (Wildman–Crippen LogP) is 4.19. The van der Waals surface area contributed by atoms with Gasteiger partial charge in [0, 0.05) is 10.6 Å². The van der Waals surface area contributed by atoms with Crippen molar-refractivity contribution in [1.29, 1.82) is 0 Å². The van der Waals surface area contributed by atoms with Crippen LogP contribution in [0.1, 0.15) is 20.3 Å². The molecule has 2 aromatic carbocycles. The Hall–Kier alpha value is -2.33. The Bertz CT molecular complexity index is 1100. The Morgan fingerprint density at radius 3 is 2.40 bits per heavy atom. The number of benzene rings is 2. The van der Waals surface area contributed by atoms with E-state index in [9.17, 15) is 13.2 Å². The van der Waals surface area contributed by atoms with Crippen molar-refractivity contribution in [3.05, 3.63) is 59.6 Å². The summed E-state index contributed by atoms with van der Waals surface area (Å²) in [5, 5.41) is 12.2. The highest BCUT2D eigenvalue weighted by atomic mass is 35.5. The molecule has 0 saturated carbocycles. The second-order valence-electron chi connectivity index (χ2n) is 6.71. The van der Waals surface area contributed by atoms with E-state index < -0.39 is 22.0 Å². The lowest BCUT2D eigenvalue weighted by Gasteiger charge is -2.22. The maximum Gasteiger partial charge on any atom is 0.244 e. The molecule has 1 amide bonds. The molecule has 10 heteroatoms. The van der Waals surface area contributed by atoms with Crippen LogP contribution in [0.5, 0.6) is 0 Å². The van der Waals surface area contributed by atoms with Crippen LogP contribution in [0.2, 0.25) is 5.02 Å². The van der Waals surface area contributed by atoms with Crippen LogP contribution in [0.15, 0.2) is 59.5 Å². The third-order valence-electron chi connectivity index (χ3n) is 4.58. The highest BCUT2D eigenvalue weighted by Gasteiger charge is 2.30. The molecular formula is C20H21ClN4O3S2. The quantitative estimate of drug-likeness (QED) is 0.520. The van der Waals surface area contributed by atoms with Crippen LogP contribution in [0.4, 0.5) is 5.13 Å². The molecular weight excluding hydrogens is 444 g/mol. The first kappa shape index (κ1) is 22.4. The van der Waals surface area contributed by atoms with Gasteiger partial charge in [-0.2, -0.15) is 4.72 Å². The zero-order chi connectivity index (χ0) is 21.7. The third-order valence-corrected chi connectivity index (χ3v) is 7.17. The molecule has 0 aliphatic rings. The molecule has 0 aliphatic heterocycles. The van der Waals surface area contributed by atoms with Crippen molar-refractivity contribution in [2.45, 2.75) is 31.2 Å². The number of carbonyl (C=O) groups excluding carboxylic acids is 1. The molecule has 0 spiro atoms. The Morgan fingerprint density at radius 2 is 1.77 bits per heavy atom. The fraction of sp³-hybridized carbons (Fsp3) is 0.250. The lowest BCUT2D eigenvalue weighted by molar-refractivity contribution is -0.118. The van der Waals surface area contributed by atoms with Crippen LogP contribution in [-0.2, 0) is 14.8 Å². The van der Waals surface area contributed by atoms with Crippen molar-refractivity contribution < 1.29 is 13.2 Å². The molecule has 30 heavy (non-hydrogen) atoms. The van der Waals surface area contributed by atoms with E-state index in [1.54, 1.807) is 0 Å². The van der Waals surface area contributed by atoms with E-state index in [1.807, 2.05) is 44.2 Å². The number of hydrogen-bond acceptors (Lipinski definition) is 6. The van der Waals surface area contributed by atoms with E-state index in [4.69, 9.17) is 11.6 Å². The minimum absolute atomic E-state index is 0.0373. The minimum Gasteiger partial charge on any atom is -0.299 e. The third kappa shape index (κ3) is 5.42. The van der Waals surface area contributed by atoms with Gasteiger partial charge in [-0.1, -0.05) is 73.5 Å². The molecule has 2 unspecified atom stereocenters. The molecule has 2 atom stereocenters. The van der Waals surface area contributed by atoms with E-state index in [-0.39, 0.29) is 10.8 Å². The number of nitrogens with zero attached hydrogens (tertiary/aromatic N) is 2. The van der Waals surface area contributed by atoms with Crippen molar-refractivity contribution in [3.8, 4) is 10.6 Å². The number of aromatic nitrogens is 2. The first-order valence-corrected chi connectivity index (χ1v) is 12.0. The second kappa shape index (κ2) is 9.65. The average molecular weight is 465 g/mol. The van der Waals surface area contributed by atoms with Gasteiger partial charge in [-0.25, -0.2) is 8.42 Å². The zero-order valence-corrected chi connectivity index (χ0v) is 18.8. The average Bonchev–Trinajstić information content (AvgIpc) is 3.21. The largest absolute Gasteiger partial charge is 0.299 e. The molecule has 0 aliphatic carbocycles. The van der Waals surface area contributed by atoms with Crippen LogP contribution in [-0.4, -0.2) is 30.6 Å². The van der Waals surface area contributed by atoms with E-state index in [0.29, 0.717) is 21.6 Å². The lowest BCUT2D eigenvalue weighted by Crippen LogP contribution is -2.47. The van der Waals surface area contributed by atoms with Gasteiger partial charge in [-0.05, 0) is 30.2 Å². The summed E-state index contributed by atoms with van der Waals surface area (Å²) >= 11 is 7.06. The molecule has 0 radical (unpaired) electrons. The van der Waals surface area contributed by atoms with Gasteiger partial charge in [-0.3, -0.25) is 10.1 Å². The highest BCUT2D eigenvalue weighted by Crippen LogP contribution is 2.26. The summed E-state index contributed by atoms with van der Waals surface area (Å²) in [5.41, 5.74) is 0.886. The standard InChI is InChI=1S/C20H21ClN4O3S2/c1-3-13(2)17(25-30(27,28)16-11-9-15(21)10-12-16)18(26)22-20-24-23-19(29-20)14-7-5-4-6-8-14/h4-13,17,25H,3H2,1-2H3,(H,22,24,26). The Kier molecular flexibility index (Phi) is 7.19. The van der Waals surface area contributed by atoms with Gasteiger partial charge in [0.1, 0.15) is 11.0 Å². The van der Waals surface area contributed by atoms with Crippen molar-refractivity contribution in [3.63, 3.8) is 0 Å². The smallest absolute Gasteiger partial charge is 0.244 e. The van der Waals surface area contributed by atoms with Gasteiger partial charge in [0.25, 0.3) is 0 Å². The van der Waals surface area contributed by atoms with E-state index >= 15 is 0 Å². The fourth-order valence-corrected chi connectivity index (χ4v) is 4.85. The molecule has 3 aromatic rings. The maximum absolute atomic E-state index is 12.9. The summed E-state index contributed by atoms with van der Waals surface area (Å²) in [4.78, 5) is 12.9. The van der Waals surface area contributed by atoms with Crippen LogP contribution < -0.4 is 10.0 Å². The van der Waals surface area contributed by atoms with Crippen LogP contribution in [0, 0.1) is 5.92 Å². The predicted molar refractivity (Wildman–Crippen MR) is 119 cm³/mol. The molecule has 3 rings (SSSR count). The first-order valence-electron chi connectivity index (χ1n) is 9.28. The van der Waals surface area contributed by atoms with Crippen molar-refractivity contribution >= 4 is 44.0 Å². The number of sulfonamides is 1. The van der Waals surface area contributed by atoms with Crippen molar-refractivity contribution in [2.75, 3.05) is 5.32 Å². The van der Waals surface area contributed by atoms with E-state index in [0.717, 1.165) is 5.56 Å². The highest BCUT2D eigenvalue weighted by molar-refractivity contribution is 7.89. The second-order valence-corrected chi connectivity index (χ2v) is 9.83. The monoisotopic (exact) mass is 464 g/mol. The fourth-order valence-electron chi connectivity index (χ4n) is 2.67. The maximum atomic E-state index is 12.9. The summed E-state index contributed by atoms with van der Waals surface area (Å²) < 4.78 is 28.0. The summed E-state index contributed by atoms with van der Waals surface area (Å²) in [5.74, 6) is -0.730. The Balaban J connectivity index is 1.78. The Labute approximate surface area is 184 Å². The molecule has 7 nitrogen and oxygen atoms in total. The molecule has 0 bridgehead atoms. The number of carbonyl (C=O) groups is 1. The number of hydrogen-bond donors (Lipinski definition) is 2. The normalized spacial score (nSPS) is 13.6. The van der Waals surface area contributed by atoms with Crippen LogP contribution in [0.3, 0.4) is 0 Å². The molecule has 0 fully saturated rings. The van der Waals surface area contributed by atoms with Crippen LogP contribution >= 0.6 is 22.9 Å². The van der Waals surface area contributed by atoms with Gasteiger partial charge in [0.15, 0.2) is 0 Å².